The third kappa shape index (κ3) is 4.59. The lowest BCUT2D eigenvalue weighted by Crippen LogP contribution is -2.18. The summed E-state index contributed by atoms with van der Waals surface area (Å²) in [5.74, 6) is -1.67. The summed E-state index contributed by atoms with van der Waals surface area (Å²) in [7, 11) is 0. The number of anilines is 1. The molecule has 0 unspecified atom stereocenters. The summed E-state index contributed by atoms with van der Waals surface area (Å²) in [5.41, 5.74) is 5.99. The first kappa shape index (κ1) is 15.0. The number of aromatic carboxylic acids is 1. The molecule has 0 aliphatic carbocycles. The van der Waals surface area contributed by atoms with Crippen LogP contribution in [0, 0.1) is 0 Å². The van der Waals surface area contributed by atoms with Crippen molar-refractivity contribution in [1.29, 1.82) is 0 Å². The number of ether oxygens (including phenoxy) is 1. The molecule has 0 radical (unpaired) electrons. The Morgan fingerprint density at radius 3 is 2.63 bits per heavy atom. The molecule has 19 heavy (non-hydrogen) atoms. The number of nitrogens with two attached hydrogens (primary N) is 1. The Kier molecular flexibility index (Phi) is 5.32. The maximum atomic E-state index is 11.2. The fourth-order valence-electron chi connectivity index (χ4n) is 1.52. The van der Waals surface area contributed by atoms with Crippen LogP contribution in [0.25, 0.3) is 0 Å². The molecule has 0 fully saturated rings. The van der Waals surface area contributed by atoms with E-state index in [4.69, 9.17) is 15.6 Å². The number of carbonyl (C=O) groups excluding carboxylic acids is 1. The molecule has 0 spiro atoms. The Bertz CT molecular complexity index is 472. The van der Waals surface area contributed by atoms with Crippen molar-refractivity contribution in [2.75, 3.05) is 18.5 Å². The Labute approximate surface area is 111 Å². The molecule has 104 valence electrons. The molecular formula is C13H18N2O4. The highest BCUT2D eigenvalue weighted by atomic mass is 16.5. The number of carbonyl (C=O) groups is 2. The van der Waals surface area contributed by atoms with Gasteiger partial charge in [-0.25, -0.2) is 4.79 Å². The number of benzene rings is 1. The molecule has 0 atom stereocenters. The molecule has 0 saturated heterocycles. The third-order valence-corrected chi connectivity index (χ3v) is 2.40. The van der Waals surface area contributed by atoms with Crippen LogP contribution in [0.1, 0.15) is 34.6 Å². The van der Waals surface area contributed by atoms with Crippen molar-refractivity contribution >= 4 is 17.6 Å². The molecule has 0 heterocycles. The average Bonchev–Trinajstić information content (AvgIpc) is 2.33. The highest BCUT2D eigenvalue weighted by Crippen LogP contribution is 2.17. The number of hydrogen-bond donors (Lipinski definition) is 3. The summed E-state index contributed by atoms with van der Waals surface area (Å²) in [6.45, 7) is 4.74. The highest BCUT2D eigenvalue weighted by molar-refractivity contribution is 6.00. The van der Waals surface area contributed by atoms with E-state index < -0.39 is 11.9 Å². The maximum absolute atomic E-state index is 11.2. The van der Waals surface area contributed by atoms with E-state index in [0.29, 0.717) is 18.8 Å². The second-order valence-corrected chi connectivity index (χ2v) is 4.28. The van der Waals surface area contributed by atoms with Gasteiger partial charge in [-0.15, -0.1) is 0 Å². The second kappa shape index (κ2) is 6.75. The maximum Gasteiger partial charge on any atom is 0.335 e. The van der Waals surface area contributed by atoms with Crippen LogP contribution < -0.4 is 11.1 Å². The number of rotatable bonds is 7. The van der Waals surface area contributed by atoms with Crippen LogP contribution in [-0.2, 0) is 4.74 Å². The molecule has 1 aromatic carbocycles. The zero-order valence-electron chi connectivity index (χ0n) is 11.0. The van der Waals surface area contributed by atoms with Crippen molar-refractivity contribution in [2.45, 2.75) is 20.0 Å². The second-order valence-electron chi connectivity index (χ2n) is 4.28. The fourth-order valence-corrected chi connectivity index (χ4v) is 1.52. The van der Waals surface area contributed by atoms with Gasteiger partial charge in [-0.1, -0.05) is 0 Å². The van der Waals surface area contributed by atoms with Crippen molar-refractivity contribution in [3.8, 4) is 0 Å². The van der Waals surface area contributed by atoms with Crippen molar-refractivity contribution in [2.24, 2.45) is 5.73 Å². The van der Waals surface area contributed by atoms with E-state index in [1.54, 1.807) is 0 Å². The number of nitrogens with one attached hydrogen (secondary N) is 1. The van der Waals surface area contributed by atoms with Crippen molar-refractivity contribution in [1.82, 2.24) is 0 Å². The molecule has 0 saturated carbocycles. The van der Waals surface area contributed by atoms with Gasteiger partial charge in [-0.2, -0.15) is 0 Å². The van der Waals surface area contributed by atoms with Gasteiger partial charge in [-0.05, 0) is 32.0 Å². The van der Waals surface area contributed by atoms with Gasteiger partial charge >= 0.3 is 5.97 Å². The van der Waals surface area contributed by atoms with Gasteiger partial charge < -0.3 is 20.9 Å². The van der Waals surface area contributed by atoms with Crippen LogP contribution in [-0.4, -0.2) is 36.2 Å². The summed E-state index contributed by atoms with van der Waals surface area (Å²) < 4.78 is 5.35. The van der Waals surface area contributed by atoms with Gasteiger partial charge in [0.25, 0.3) is 5.91 Å². The number of hydrogen-bond acceptors (Lipinski definition) is 4. The van der Waals surface area contributed by atoms with E-state index in [1.165, 1.54) is 18.2 Å². The molecule has 4 N–H and O–H groups in total. The molecule has 1 rings (SSSR count). The standard InChI is InChI=1S/C13H18N2O4/c1-8(2)19-6-5-15-11-7-9(13(17)18)3-4-10(11)12(14)16/h3-4,7-8,15H,5-6H2,1-2H3,(H2,14,16)(H,17,18). The quantitative estimate of drug-likeness (QED) is 0.646. The van der Waals surface area contributed by atoms with E-state index in [0.717, 1.165) is 0 Å². The molecule has 1 aromatic rings. The fraction of sp³-hybridized carbons (Fsp3) is 0.385. The molecule has 0 bridgehead atoms. The van der Waals surface area contributed by atoms with E-state index >= 15 is 0 Å². The van der Waals surface area contributed by atoms with E-state index in [1.807, 2.05) is 13.8 Å². The molecule has 0 aliphatic rings. The lowest BCUT2D eigenvalue weighted by molar-refractivity contribution is 0.0696. The molecule has 0 aliphatic heterocycles. The van der Waals surface area contributed by atoms with Gasteiger partial charge in [0.2, 0.25) is 0 Å². The first-order valence-electron chi connectivity index (χ1n) is 5.94. The minimum Gasteiger partial charge on any atom is -0.478 e. The third-order valence-electron chi connectivity index (χ3n) is 2.40. The number of primary amides is 1. The lowest BCUT2D eigenvalue weighted by Gasteiger charge is -2.12. The van der Waals surface area contributed by atoms with Gasteiger partial charge in [0.1, 0.15) is 0 Å². The predicted octanol–water partition coefficient (Wildman–Crippen LogP) is 1.32. The van der Waals surface area contributed by atoms with Crippen LogP contribution in [0.2, 0.25) is 0 Å². The van der Waals surface area contributed by atoms with Crippen LogP contribution in [0.15, 0.2) is 18.2 Å². The first-order valence-corrected chi connectivity index (χ1v) is 5.94. The lowest BCUT2D eigenvalue weighted by atomic mass is 10.1. The summed E-state index contributed by atoms with van der Waals surface area (Å²) in [6.07, 6.45) is 0.114. The Morgan fingerprint density at radius 1 is 1.42 bits per heavy atom. The number of amides is 1. The molecule has 6 heteroatoms. The summed E-state index contributed by atoms with van der Waals surface area (Å²) in [5, 5.41) is 11.9. The minimum atomic E-state index is -1.06. The van der Waals surface area contributed by atoms with E-state index in [2.05, 4.69) is 5.32 Å². The summed E-state index contributed by atoms with van der Waals surface area (Å²) in [6, 6.07) is 4.13. The van der Waals surface area contributed by atoms with E-state index in [9.17, 15) is 9.59 Å². The Hall–Kier alpha value is -2.08. The van der Waals surface area contributed by atoms with Crippen LogP contribution >= 0.6 is 0 Å². The Balaban J connectivity index is 2.80. The normalized spacial score (nSPS) is 10.5. The SMILES string of the molecule is CC(C)OCCNc1cc(C(=O)O)ccc1C(N)=O. The summed E-state index contributed by atoms with van der Waals surface area (Å²) in [4.78, 5) is 22.1. The van der Waals surface area contributed by atoms with Crippen molar-refractivity contribution < 1.29 is 19.4 Å². The zero-order valence-corrected chi connectivity index (χ0v) is 11.0. The van der Waals surface area contributed by atoms with Crippen LogP contribution in [0.3, 0.4) is 0 Å². The van der Waals surface area contributed by atoms with Crippen LogP contribution in [0.5, 0.6) is 0 Å². The average molecular weight is 266 g/mol. The van der Waals surface area contributed by atoms with Crippen LogP contribution in [0.4, 0.5) is 5.69 Å². The van der Waals surface area contributed by atoms with Gasteiger partial charge in [0.15, 0.2) is 0 Å². The predicted molar refractivity (Wildman–Crippen MR) is 71.5 cm³/mol. The van der Waals surface area contributed by atoms with Crippen molar-refractivity contribution in [3.63, 3.8) is 0 Å². The Morgan fingerprint density at radius 2 is 2.11 bits per heavy atom. The van der Waals surface area contributed by atoms with Crippen molar-refractivity contribution in [3.05, 3.63) is 29.3 Å². The molecule has 1 amide bonds. The highest BCUT2D eigenvalue weighted by Gasteiger charge is 2.11. The van der Waals surface area contributed by atoms with Gasteiger partial charge in [0, 0.05) is 12.2 Å². The first-order chi connectivity index (χ1) is 8.91. The molecular weight excluding hydrogens is 248 g/mol. The number of carboxylic acid groups (broad SMARTS) is 1. The molecule has 0 aromatic heterocycles. The topological polar surface area (TPSA) is 102 Å². The van der Waals surface area contributed by atoms with Gasteiger partial charge in [0.05, 0.1) is 23.8 Å². The van der Waals surface area contributed by atoms with E-state index in [-0.39, 0.29) is 17.2 Å². The smallest absolute Gasteiger partial charge is 0.335 e. The molecule has 6 nitrogen and oxygen atoms in total. The van der Waals surface area contributed by atoms with Gasteiger partial charge in [-0.3, -0.25) is 4.79 Å². The minimum absolute atomic E-state index is 0.0947. The zero-order chi connectivity index (χ0) is 14.4. The monoisotopic (exact) mass is 266 g/mol. The summed E-state index contributed by atoms with van der Waals surface area (Å²) >= 11 is 0. The largest absolute Gasteiger partial charge is 0.478 e. The number of carboxylic acids is 1.